The zero-order valence-corrected chi connectivity index (χ0v) is 15.8. The van der Waals surface area contributed by atoms with Crippen LogP contribution in [0.4, 0.5) is 4.79 Å². The van der Waals surface area contributed by atoms with Crippen molar-refractivity contribution >= 4 is 12.0 Å². The monoisotopic (exact) mass is 348 g/mol. The van der Waals surface area contributed by atoms with E-state index in [0.29, 0.717) is 23.8 Å². The van der Waals surface area contributed by atoms with Gasteiger partial charge in [0.2, 0.25) is 5.91 Å². The molecule has 2 saturated carbocycles. The molecule has 4 rings (SSSR count). The van der Waals surface area contributed by atoms with Crippen LogP contribution in [0.2, 0.25) is 0 Å². The largest absolute Gasteiger partial charge is 0.441 e. The van der Waals surface area contributed by atoms with Gasteiger partial charge in [-0.25, -0.2) is 4.79 Å². The molecule has 0 N–H and O–H groups in total. The van der Waals surface area contributed by atoms with Crippen LogP contribution in [0.5, 0.6) is 0 Å². The Morgan fingerprint density at radius 3 is 2.52 bits per heavy atom. The van der Waals surface area contributed by atoms with Crippen LogP contribution in [0.3, 0.4) is 0 Å². The van der Waals surface area contributed by atoms with Crippen molar-refractivity contribution in [2.24, 2.45) is 17.3 Å². The molecule has 25 heavy (non-hydrogen) atoms. The SMILES string of the molecule is CC(C)CCN1CC2(CCN(C(=O)C3CC34CCCC4)CC2)OC1=O. The molecule has 140 valence electrons. The third-order valence-corrected chi connectivity index (χ3v) is 7.09. The number of carbonyl (C=O) groups excluding carboxylic acids is 2. The third kappa shape index (κ3) is 3.15. The second kappa shape index (κ2) is 6.17. The number of rotatable bonds is 4. The van der Waals surface area contributed by atoms with E-state index < -0.39 is 0 Å². The molecule has 4 fully saturated rings. The molecule has 5 heteroatoms. The summed E-state index contributed by atoms with van der Waals surface area (Å²) in [7, 11) is 0. The van der Waals surface area contributed by atoms with Crippen LogP contribution < -0.4 is 0 Å². The van der Waals surface area contributed by atoms with Crippen molar-refractivity contribution in [2.45, 2.75) is 70.8 Å². The maximum absolute atomic E-state index is 12.8. The summed E-state index contributed by atoms with van der Waals surface area (Å²) in [5, 5.41) is 0. The van der Waals surface area contributed by atoms with Crippen molar-refractivity contribution in [1.82, 2.24) is 9.80 Å². The molecule has 0 bridgehead atoms. The first-order valence-corrected chi connectivity index (χ1v) is 10.2. The third-order valence-electron chi connectivity index (χ3n) is 7.09. The van der Waals surface area contributed by atoms with E-state index in [-0.39, 0.29) is 17.6 Å². The van der Waals surface area contributed by atoms with Crippen LogP contribution in [0.1, 0.15) is 65.2 Å². The maximum atomic E-state index is 12.8. The van der Waals surface area contributed by atoms with E-state index in [9.17, 15) is 9.59 Å². The molecule has 0 aromatic rings. The highest BCUT2D eigenvalue weighted by Crippen LogP contribution is 2.63. The zero-order chi connectivity index (χ0) is 17.7. The number of hydrogen-bond acceptors (Lipinski definition) is 3. The molecule has 2 aliphatic carbocycles. The van der Waals surface area contributed by atoms with Gasteiger partial charge in [-0.3, -0.25) is 4.79 Å². The number of ether oxygens (including phenoxy) is 1. The normalized spacial score (nSPS) is 29.7. The lowest BCUT2D eigenvalue weighted by molar-refractivity contribution is -0.136. The van der Waals surface area contributed by atoms with E-state index in [2.05, 4.69) is 13.8 Å². The average Bonchev–Trinajstić information content (AvgIpc) is 2.91. The predicted octanol–water partition coefficient (Wildman–Crippen LogP) is 3.43. The molecule has 4 aliphatic rings. The highest BCUT2D eigenvalue weighted by molar-refractivity contribution is 5.83. The standard InChI is InChI=1S/C20H32N2O3/c1-15(2)5-10-22-14-20(25-18(22)24)8-11-21(12-9-20)17(23)16-13-19(16)6-3-4-7-19/h15-16H,3-14H2,1-2H3. The minimum Gasteiger partial charge on any atom is -0.441 e. The van der Waals surface area contributed by atoms with Crippen molar-refractivity contribution in [2.75, 3.05) is 26.2 Å². The quantitative estimate of drug-likeness (QED) is 0.782. The van der Waals surface area contributed by atoms with Crippen LogP contribution in [0.15, 0.2) is 0 Å². The second-order valence-corrected chi connectivity index (χ2v) is 9.31. The van der Waals surface area contributed by atoms with Crippen LogP contribution >= 0.6 is 0 Å². The van der Waals surface area contributed by atoms with E-state index in [1.165, 1.54) is 25.7 Å². The summed E-state index contributed by atoms with van der Waals surface area (Å²) >= 11 is 0. The van der Waals surface area contributed by atoms with Crippen molar-refractivity contribution in [3.8, 4) is 0 Å². The Kier molecular flexibility index (Phi) is 4.24. The maximum Gasteiger partial charge on any atom is 0.410 e. The molecular formula is C20H32N2O3. The molecule has 2 heterocycles. The van der Waals surface area contributed by atoms with Crippen LogP contribution in [-0.4, -0.2) is 53.6 Å². The highest BCUT2D eigenvalue weighted by atomic mass is 16.6. The lowest BCUT2D eigenvalue weighted by Gasteiger charge is -2.37. The fraction of sp³-hybridized carbons (Fsp3) is 0.900. The van der Waals surface area contributed by atoms with E-state index in [1.54, 1.807) is 0 Å². The minimum atomic E-state index is -0.348. The lowest BCUT2D eigenvalue weighted by Crippen LogP contribution is -2.49. The molecule has 1 unspecified atom stereocenters. The van der Waals surface area contributed by atoms with E-state index >= 15 is 0 Å². The Labute approximate surface area is 151 Å². The Balaban J connectivity index is 1.30. The van der Waals surface area contributed by atoms with Gasteiger partial charge < -0.3 is 14.5 Å². The van der Waals surface area contributed by atoms with Gasteiger partial charge in [-0.15, -0.1) is 0 Å². The van der Waals surface area contributed by atoms with Gasteiger partial charge in [0.25, 0.3) is 0 Å². The van der Waals surface area contributed by atoms with Gasteiger partial charge in [0, 0.05) is 38.4 Å². The minimum absolute atomic E-state index is 0.160. The highest BCUT2D eigenvalue weighted by Gasteiger charge is 2.60. The van der Waals surface area contributed by atoms with Crippen LogP contribution in [0, 0.1) is 17.3 Å². The van der Waals surface area contributed by atoms with Gasteiger partial charge in [0.1, 0.15) is 5.60 Å². The van der Waals surface area contributed by atoms with Gasteiger partial charge in [-0.2, -0.15) is 0 Å². The van der Waals surface area contributed by atoms with Gasteiger partial charge in [-0.1, -0.05) is 26.7 Å². The topological polar surface area (TPSA) is 49.9 Å². The van der Waals surface area contributed by atoms with Crippen LogP contribution in [0.25, 0.3) is 0 Å². The summed E-state index contributed by atoms with van der Waals surface area (Å²) < 4.78 is 5.78. The predicted molar refractivity (Wildman–Crippen MR) is 95.1 cm³/mol. The molecule has 0 aromatic heterocycles. The Morgan fingerprint density at radius 2 is 1.88 bits per heavy atom. The fourth-order valence-corrected chi connectivity index (χ4v) is 5.22. The Morgan fingerprint density at radius 1 is 1.20 bits per heavy atom. The first-order valence-electron chi connectivity index (χ1n) is 10.2. The van der Waals surface area contributed by atoms with Gasteiger partial charge in [-0.05, 0) is 37.0 Å². The van der Waals surface area contributed by atoms with Gasteiger partial charge >= 0.3 is 6.09 Å². The summed E-state index contributed by atoms with van der Waals surface area (Å²) in [6.07, 6.45) is 8.67. The van der Waals surface area contributed by atoms with Crippen LogP contribution in [-0.2, 0) is 9.53 Å². The van der Waals surface area contributed by atoms with Crippen molar-refractivity contribution < 1.29 is 14.3 Å². The van der Waals surface area contributed by atoms with Crippen molar-refractivity contribution in [3.63, 3.8) is 0 Å². The van der Waals surface area contributed by atoms with Crippen molar-refractivity contribution in [3.05, 3.63) is 0 Å². The molecule has 2 amide bonds. The number of nitrogens with zero attached hydrogens (tertiary/aromatic N) is 2. The molecule has 5 nitrogen and oxygen atoms in total. The lowest BCUT2D eigenvalue weighted by atomic mass is 9.90. The van der Waals surface area contributed by atoms with Gasteiger partial charge in [0.15, 0.2) is 0 Å². The number of carbonyl (C=O) groups is 2. The van der Waals surface area contributed by atoms with E-state index in [1.807, 2.05) is 9.80 Å². The number of piperidine rings is 1. The summed E-state index contributed by atoms with van der Waals surface area (Å²) in [4.78, 5) is 28.9. The first-order chi connectivity index (χ1) is 11.9. The number of amides is 2. The summed E-state index contributed by atoms with van der Waals surface area (Å²) in [6, 6.07) is 0. The Bertz CT molecular complexity index is 545. The molecule has 2 aliphatic heterocycles. The molecule has 2 saturated heterocycles. The molecule has 0 radical (unpaired) electrons. The second-order valence-electron chi connectivity index (χ2n) is 9.31. The Hall–Kier alpha value is -1.26. The smallest absolute Gasteiger partial charge is 0.410 e. The fourth-order valence-electron chi connectivity index (χ4n) is 5.22. The molecule has 1 atom stereocenters. The van der Waals surface area contributed by atoms with Gasteiger partial charge in [0.05, 0.1) is 6.54 Å². The summed E-state index contributed by atoms with van der Waals surface area (Å²) in [5.74, 6) is 1.25. The van der Waals surface area contributed by atoms with E-state index in [0.717, 1.165) is 45.3 Å². The summed E-state index contributed by atoms with van der Waals surface area (Å²) in [5.41, 5.74) is 0.0269. The first kappa shape index (κ1) is 17.2. The van der Waals surface area contributed by atoms with Crippen molar-refractivity contribution in [1.29, 1.82) is 0 Å². The molecule has 0 aromatic carbocycles. The zero-order valence-electron chi connectivity index (χ0n) is 15.8. The number of likely N-dealkylation sites (tertiary alicyclic amines) is 1. The average molecular weight is 348 g/mol. The summed E-state index contributed by atoms with van der Waals surface area (Å²) in [6.45, 7) is 7.33. The molecular weight excluding hydrogens is 316 g/mol. The van der Waals surface area contributed by atoms with E-state index in [4.69, 9.17) is 4.74 Å². The number of hydrogen-bond donors (Lipinski definition) is 0. The molecule has 2 spiro atoms.